The normalized spacial score (nSPS) is 11.8. The predicted octanol–water partition coefficient (Wildman–Crippen LogP) is 0.387. The Balaban J connectivity index is 1.91. The predicted molar refractivity (Wildman–Crippen MR) is 59.6 cm³/mol. The highest BCUT2D eigenvalue weighted by atomic mass is 32.2. The molecule has 0 aliphatic carbocycles. The van der Waals surface area contributed by atoms with Crippen LogP contribution in [0.4, 0.5) is 0 Å². The number of hydrogen-bond acceptors (Lipinski definition) is 5. The SMILES string of the molecule is O=S(=O)(NCCc1nccs1)c1cn[nH]c1. The molecule has 0 atom stereocenters. The van der Waals surface area contributed by atoms with Crippen LogP contribution < -0.4 is 4.72 Å². The fraction of sp³-hybridized carbons (Fsp3) is 0.250. The Morgan fingerprint density at radius 3 is 3.00 bits per heavy atom. The summed E-state index contributed by atoms with van der Waals surface area (Å²) in [5.74, 6) is 0. The fourth-order valence-electron chi connectivity index (χ4n) is 1.14. The highest BCUT2D eigenvalue weighted by Gasteiger charge is 2.14. The van der Waals surface area contributed by atoms with Gasteiger partial charge in [0.25, 0.3) is 0 Å². The first-order valence-electron chi connectivity index (χ1n) is 4.55. The molecule has 2 heterocycles. The van der Waals surface area contributed by atoms with Crippen molar-refractivity contribution in [1.29, 1.82) is 0 Å². The van der Waals surface area contributed by atoms with Gasteiger partial charge in [-0.3, -0.25) is 5.10 Å². The van der Waals surface area contributed by atoms with E-state index in [0.29, 0.717) is 13.0 Å². The number of nitrogens with zero attached hydrogens (tertiary/aromatic N) is 2. The monoisotopic (exact) mass is 258 g/mol. The summed E-state index contributed by atoms with van der Waals surface area (Å²) in [6.45, 7) is 0.334. The van der Waals surface area contributed by atoms with Crippen LogP contribution in [0.3, 0.4) is 0 Å². The van der Waals surface area contributed by atoms with Gasteiger partial charge in [-0.15, -0.1) is 11.3 Å². The summed E-state index contributed by atoms with van der Waals surface area (Å²) in [6, 6.07) is 0. The quantitative estimate of drug-likeness (QED) is 0.812. The number of nitrogens with one attached hydrogen (secondary N) is 2. The van der Waals surface area contributed by atoms with E-state index in [9.17, 15) is 8.42 Å². The Bertz CT molecular complexity index is 518. The van der Waals surface area contributed by atoms with E-state index >= 15 is 0 Å². The molecule has 0 aromatic carbocycles. The van der Waals surface area contributed by atoms with Crippen LogP contribution in [0.5, 0.6) is 0 Å². The molecule has 0 radical (unpaired) electrons. The van der Waals surface area contributed by atoms with Crippen molar-refractivity contribution < 1.29 is 8.42 Å². The zero-order valence-corrected chi connectivity index (χ0v) is 9.88. The average molecular weight is 258 g/mol. The van der Waals surface area contributed by atoms with Gasteiger partial charge in [-0.1, -0.05) is 0 Å². The van der Waals surface area contributed by atoms with Gasteiger partial charge >= 0.3 is 0 Å². The number of H-pyrrole nitrogens is 1. The molecular formula is C8H10N4O2S2. The Morgan fingerprint density at radius 2 is 2.38 bits per heavy atom. The van der Waals surface area contributed by atoms with Crippen LogP contribution in [-0.2, 0) is 16.4 Å². The van der Waals surface area contributed by atoms with Crippen LogP contribution in [-0.4, -0.2) is 30.1 Å². The van der Waals surface area contributed by atoms with E-state index < -0.39 is 10.0 Å². The van der Waals surface area contributed by atoms with Crippen molar-refractivity contribution in [1.82, 2.24) is 19.9 Å². The van der Waals surface area contributed by atoms with Crippen LogP contribution in [0.25, 0.3) is 0 Å². The summed E-state index contributed by atoms with van der Waals surface area (Å²) in [5.41, 5.74) is 0. The Labute approximate surface area is 96.8 Å². The first-order valence-corrected chi connectivity index (χ1v) is 6.91. The number of aromatic nitrogens is 3. The van der Waals surface area contributed by atoms with Gasteiger partial charge in [-0.25, -0.2) is 18.1 Å². The van der Waals surface area contributed by atoms with E-state index in [-0.39, 0.29) is 4.90 Å². The van der Waals surface area contributed by atoms with Gasteiger partial charge in [0.15, 0.2) is 0 Å². The van der Waals surface area contributed by atoms with E-state index in [1.165, 1.54) is 23.7 Å². The van der Waals surface area contributed by atoms with Gasteiger partial charge in [0, 0.05) is 30.7 Å². The third-order valence-electron chi connectivity index (χ3n) is 1.90. The smallest absolute Gasteiger partial charge is 0.243 e. The van der Waals surface area contributed by atoms with Crippen LogP contribution in [0.2, 0.25) is 0 Å². The van der Waals surface area contributed by atoms with E-state index in [4.69, 9.17) is 0 Å². The van der Waals surface area contributed by atoms with Crippen molar-refractivity contribution in [3.05, 3.63) is 29.0 Å². The maximum absolute atomic E-state index is 11.6. The molecule has 0 spiro atoms. The van der Waals surface area contributed by atoms with Crippen molar-refractivity contribution in [3.8, 4) is 0 Å². The van der Waals surface area contributed by atoms with Crippen molar-refractivity contribution in [2.45, 2.75) is 11.3 Å². The van der Waals surface area contributed by atoms with Gasteiger partial charge in [-0.2, -0.15) is 5.10 Å². The summed E-state index contributed by atoms with van der Waals surface area (Å²) in [7, 11) is -3.44. The number of hydrogen-bond donors (Lipinski definition) is 2. The first-order chi connectivity index (χ1) is 7.68. The molecule has 0 aliphatic heterocycles. The van der Waals surface area contributed by atoms with Crippen LogP contribution >= 0.6 is 11.3 Å². The molecule has 0 aliphatic rings. The number of aromatic amines is 1. The second kappa shape index (κ2) is 4.73. The van der Waals surface area contributed by atoms with E-state index in [0.717, 1.165) is 5.01 Å². The van der Waals surface area contributed by atoms with Crippen molar-refractivity contribution in [2.24, 2.45) is 0 Å². The molecule has 2 N–H and O–H groups in total. The second-order valence-electron chi connectivity index (χ2n) is 3.01. The molecule has 6 nitrogen and oxygen atoms in total. The molecule has 0 saturated heterocycles. The standard InChI is InChI=1S/C8H10N4O2S2/c13-16(14,7-5-10-11-6-7)12-2-1-8-9-3-4-15-8/h3-6,12H,1-2H2,(H,10,11). The molecule has 16 heavy (non-hydrogen) atoms. The van der Waals surface area contributed by atoms with E-state index in [2.05, 4.69) is 19.9 Å². The first kappa shape index (κ1) is 11.2. The van der Waals surface area contributed by atoms with Crippen molar-refractivity contribution >= 4 is 21.4 Å². The molecule has 2 rings (SSSR count). The molecule has 0 bridgehead atoms. The lowest BCUT2D eigenvalue weighted by Gasteiger charge is -2.02. The van der Waals surface area contributed by atoms with Crippen LogP contribution in [0.1, 0.15) is 5.01 Å². The van der Waals surface area contributed by atoms with Gasteiger partial charge in [-0.05, 0) is 0 Å². The third kappa shape index (κ3) is 2.65. The summed E-state index contributed by atoms with van der Waals surface area (Å²) >= 11 is 1.51. The maximum atomic E-state index is 11.6. The minimum absolute atomic E-state index is 0.145. The third-order valence-corrected chi connectivity index (χ3v) is 4.17. The topological polar surface area (TPSA) is 87.7 Å². The van der Waals surface area contributed by atoms with Crippen LogP contribution in [0.15, 0.2) is 28.9 Å². The molecule has 0 saturated carbocycles. The largest absolute Gasteiger partial charge is 0.284 e. The molecule has 8 heteroatoms. The lowest BCUT2D eigenvalue weighted by atomic mass is 10.5. The van der Waals surface area contributed by atoms with Crippen LogP contribution in [0, 0.1) is 0 Å². The molecule has 86 valence electrons. The summed E-state index contributed by atoms with van der Waals surface area (Å²) in [5, 5.41) is 8.83. The average Bonchev–Trinajstić information content (AvgIpc) is 2.90. The Kier molecular flexibility index (Phi) is 3.32. The van der Waals surface area contributed by atoms with Gasteiger partial charge in [0.2, 0.25) is 10.0 Å². The Hall–Kier alpha value is -1.25. The van der Waals surface area contributed by atoms with Gasteiger partial charge < -0.3 is 0 Å². The van der Waals surface area contributed by atoms with Gasteiger partial charge in [0.05, 0.1) is 11.2 Å². The lowest BCUT2D eigenvalue weighted by Crippen LogP contribution is -2.25. The summed E-state index contributed by atoms with van der Waals surface area (Å²) < 4.78 is 25.7. The maximum Gasteiger partial charge on any atom is 0.243 e. The number of rotatable bonds is 5. The fourth-order valence-corrected chi connectivity index (χ4v) is 2.70. The summed E-state index contributed by atoms with van der Waals surface area (Å²) in [4.78, 5) is 4.21. The molecule has 2 aromatic rings. The van der Waals surface area contributed by atoms with E-state index in [1.54, 1.807) is 6.20 Å². The minimum Gasteiger partial charge on any atom is -0.284 e. The highest BCUT2D eigenvalue weighted by Crippen LogP contribution is 2.06. The number of thiazole rings is 1. The van der Waals surface area contributed by atoms with Crippen molar-refractivity contribution in [2.75, 3.05) is 6.54 Å². The molecular weight excluding hydrogens is 248 g/mol. The van der Waals surface area contributed by atoms with Gasteiger partial charge in [0.1, 0.15) is 4.90 Å². The number of sulfonamides is 1. The van der Waals surface area contributed by atoms with E-state index in [1.807, 2.05) is 5.38 Å². The highest BCUT2D eigenvalue weighted by molar-refractivity contribution is 7.89. The Morgan fingerprint density at radius 1 is 1.50 bits per heavy atom. The molecule has 2 aromatic heterocycles. The summed E-state index contributed by atoms with van der Waals surface area (Å²) in [6.07, 6.45) is 4.90. The zero-order valence-electron chi connectivity index (χ0n) is 8.25. The molecule has 0 unspecified atom stereocenters. The lowest BCUT2D eigenvalue weighted by molar-refractivity contribution is 0.581. The zero-order chi connectivity index (χ0) is 11.4. The molecule has 0 fully saturated rings. The second-order valence-corrected chi connectivity index (χ2v) is 5.75. The minimum atomic E-state index is -3.44. The van der Waals surface area contributed by atoms with Crippen molar-refractivity contribution in [3.63, 3.8) is 0 Å². The molecule has 0 amide bonds.